The van der Waals surface area contributed by atoms with Crippen LogP contribution in [0.4, 0.5) is 0 Å². The predicted octanol–water partition coefficient (Wildman–Crippen LogP) is 0.356. The zero-order valence-electron chi connectivity index (χ0n) is 12.3. The Morgan fingerprint density at radius 1 is 1.37 bits per heavy atom. The summed E-state index contributed by atoms with van der Waals surface area (Å²) in [6, 6.07) is 2.28. The van der Waals surface area contributed by atoms with E-state index in [-0.39, 0.29) is 5.91 Å². The lowest BCUT2D eigenvalue weighted by atomic mass is 9.92. The molecule has 1 amide bonds. The molecule has 1 aliphatic carbocycles. The third kappa shape index (κ3) is 3.70. The first kappa shape index (κ1) is 14.3. The second-order valence-electron chi connectivity index (χ2n) is 6.92. The summed E-state index contributed by atoms with van der Waals surface area (Å²) in [5, 5.41) is 12.2. The molecule has 1 aliphatic heterocycles. The van der Waals surface area contributed by atoms with Crippen LogP contribution in [0.5, 0.6) is 0 Å². The summed E-state index contributed by atoms with van der Waals surface area (Å²) in [6.45, 7) is 9.04. The molecule has 2 aliphatic rings. The van der Waals surface area contributed by atoms with Crippen molar-refractivity contribution in [1.82, 2.24) is 5.32 Å². The molecule has 0 aromatic carbocycles. The zero-order chi connectivity index (χ0) is 14.0. The predicted molar refractivity (Wildman–Crippen MR) is 73.4 cm³/mol. The number of carbonyl (C=O) groups is 1. The lowest BCUT2D eigenvalue weighted by Gasteiger charge is -2.32. The minimum Gasteiger partial charge on any atom is -0.333 e. The van der Waals surface area contributed by atoms with Crippen molar-refractivity contribution in [2.45, 2.75) is 45.6 Å². The number of quaternary nitrogens is 1. The molecule has 4 atom stereocenters. The summed E-state index contributed by atoms with van der Waals surface area (Å²) < 4.78 is 0. The van der Waals surface area contributed by atoms with Gasteiger partial charge < -0.3 is 10.2 Å². The number of rotatable bonds is 4. The molecule has 4 nitrogen and oxygen atoms in total. The van der Waals surface area contributed by atoms with Crippen molar-refractivity contribution in [1.29, 1.82) is 5.26 Å². The van der Waals surface area contributed by atoms with Crippen LogP contribution in [0.15, 0.2) is 0 Å². The van der Waals surface area contributed by atoms with E-state index in [1.54, 1.807) is 0 Å². The number of carbonyl (C=O) groups excluding carboxylic acids is 1. The monoisotopic (exact) mass is 264 g/mol. The van der Waals surface area contributed by atoms with E-state index in [1.807, 2.05) is 6.92 Å². The van der Waals surface area contributed by atoms with Gasteiger partial charge in [0.15, 0.2) is 6.54 Å². The molecule has 106 valence electrons. The molecule has 1 saturated heterocycles. The topological polar surface area (TPSA) is 57.3 Å². The van der Waals surface area contributed by atoms with E-state index < -0.39 is 5.54 Å². The van der Waals surface area contributed by atoms with Gasteiger partial charge in [-0.2, -0.15) is 5.26 Å². The van der Waals surface area contributed by atoms with Gasteiger partial charge in [0.2, 0.25) is 0 Å². The Kier molecular flexibility index (Phi) is 4.15. The molecule has 2 N–H and O–H groups in total. The Hall–Kier alpha value is -1.08. The van der Waals surface area contributed by atoms with E-state index in [1.165, 1.54) is 11.3 Å². The van der Waals surface area contributed by atoms with Gasteiger partial charge in [-0.25, -0.2) is 0 Å². The molecule has 0 aromatic heterocycles. The van der Waals surface area contributed by atoms with Gasteiger partial charge in [-0.3, -0.25) is 4.79 Å². The number of nitriles is 1. The molecule has 0 aromatic rings. The van der Waals surface area contributed by atoms with Gasteiger partial charge in [0.25, 0.3) is 5.91 Å². The number of piperidine rings is 1. The Morgan fingerprint density at radius 3 is 2.42 bits per heavy atom. The van der Waals surface area contributed by atoms with Crippen LogP contribution >= 0.6 is 0 Å². The van der Waals surface area contributed by atoms with Crippen LogP contribution in [0.2, 0.25) is 0 Å². The minimum absolute atomic E-state index is 0.0345. The molecule has 4 heteroatoms. The first-order valence-electron chi connectivity index (χ1n) is 7.48. The Morgan fingerprint density at radius 2 is 1.95 bits per heavy atom. The Bertz CT molecular complexity index is 375. The number of nitrogens with one attached hydrogen (secondary N) is 2. The fourth-order valence-corrected chi connectivity index (χ4v) is 3.51. The van der Waals surface area contributed by atoms with Gasteiger partial charge in [0.1, 0.15) is 5.54 Å². The van der Waals surface area contributed by atoms with Crippen LogP contribution in [0.3, 0.4) is 0 Å². The lowest BCUT2D eigenvalue weighted by Crippen LogP contribution is -3.15. The molecule has 0 radical (unpaired) electrons. The molecule has 1 unspecified atom stereocenters. The standard InChI is InChI=1S/C15H25N3O/c1-11-6-12(2)8-18(7-11)9-14(19)17-15(3,10-16)13-4-5-13/h11-13H,4-9H2,1-3H3,(H,17,19)/p+1/t11-,12+,15-/m0/s1. The third-order valence-corrected chi connectivity index (χ3v) is 4.51. The van der Waals surface area contributed by atoms with Crippen LogP contribution in [-0.4, -0.2) is 31.1 Å². The average Bonchev–Trinajstić information content (AvgIpc) is 3.10. The highest BCUT2D eigenvalue weighted by Crippen LogP contribution is 2.39. The van der Waals surface area contributed by atoms with Crippen molar-refractivity contribution in [3.63, 3.8) is 0 Å². The van der Waals surface area contributed by atoms with Gasteiger partial charge in [-0.05, 0) is 32.1 Å². The Labute approximate surface area is 116 Å². The first-order chi connectivity index (χ1) is 8.93. The minimum atomic E-state index is -0.649. The Balaban J connectivity index is 1.85. The normalized spacial score (nSPS) is 34.1. The number of hydrogen-bond donors (Lipinski definition) is 2. The maximum atomic E-state index is 12.1. The summed E-state index contributed by atoms with van der Waals surface area (Å²) >= 11 is 0. The van der Waals surface area contributed by atoms with Gasteiger partial charge in [-0.15, -0.1) is 0 Å². The SMILES string of the molecule is C[C@@H]1C[C@H](C)C[NH+](CC(=O)N[C@@](C)(C#N)C2CC2)C1. The molecular formula is C15H26N3O+. The largest absolute Gasteiger partial charge is 0.333 e. The third-order valence-electron chi connectivity index (χ3n) is 4.51. The van der Waals surface area contributed by atoms with E-state index in [9.17, 15) is 10.1 Å². The summed E-state index contributed by atoms with van der Waals surface area (Å²) in [5.41, 5.74) is -0.649. The molecule has 2 rings (SSSR count). The van der Waals surface area contributed by atoms with Crippen molar-refractivity contribution >= 4 is 5.91 Å². The van der Waals surface area contributed by atoms with E-state index in [0.717, 1.165) is 25.9 Å². The van der Waals surface area contributed by atoms with Gasteiger partial charge in [0.05, 0.1) is 19.2 Å². The number of likely N-dealkylation sites (tertiary alicyclic amines) is 1. The zero-order valence-corrected chi connectivity index (χ0v) is 12.3. The van der Waals surface area contributed by atoms with Crippen LogP contribution in [0, 0.1) is 29.1 Å². The summed E-state index contributed by atoms with van der Waals surface area (Å²) in [5.74, 6) is 1.78. The van der Waals surface area contributed by atoms with Gasteiger partial charge in [-0.1, -0.05) is 13.8 Å². The quantitative estimate of drug-likeness (QED) is 0.770. The molecular weight excluding hydrogens is 238 g/mol. The molecule has 1 heterocycles. The fraction of sp³-hybridized carbons (Fsp3) is 0.867. The summed E-state index contributed by atoms with van der Waals surface area (Å²) in [4.78, 5) is 13.5. The molecule has 19 heavy (non-hydrogen) atoms. The number of nitrogens with zero attached hydrogens (tertiary/aromatic N) is 1. The van der Waals surface area contributed by atoms with Crippen LogP contribution < -0.4 is 10.2 Å². The lowest BCUT2D eigenvalue weighted by molar-refractivity contribution is -0.904. The smallest absolute Gasteiger partial charge is 0.276 e. The maximum absolute atomic E-state index is 12.1. The van der Waals surface area contributed by atoms with E-state index in [2.05, 4.69) is 25.2 Å². The second-order valence-corrected chi connectivity index (χ2v) is 6.92. The van der Waals surface area contributed by atoms with Crippen molar-refractivity contribution in [3.8, 4) is 6.07 Å². The number of amides is 1. The fourth-order valence-electron chi connectivity index (χ4n) is 3.51. The van der Waals surface area contributed by atoms with Crippen molar-refractivity contribution < 1.29 is 9.69 Å². The van der Waals surface area contributed by atoms with E-state index >= 15 is 0 Å². The molecule has 1 saturated carbocycles. The highest BCUT2D eigenvalue weighted by molar-refractivity contribution is 5.78. The first-order valence-corrected chi connectivity index (χ1v) is 7.48. The molecule has 0 bridgehead atoms. The highest BCUT2D eigenvalue weighted by Gasteiger charge is 2.43. The average molecular weight is 264 g/mol. The van der Waals surface area contributed by atoms with Gasteiger partial charge >= 0.3 is 0 Å². The molecule has 2 fully saturated rings. The van der Waals surface area contributed by atoms with Gasteiger partial charge in [0, 0.05) is 11.8 Å². The van der Waals surface area contributed by atoms with Crippen molar-refractivity contribution in [3.05, 3.63) is 0 Å². The molecule has 0 spiro atoms. The van der Waals surface area contributed by atoms with Crippen LogP contribution in [0.25, 0.3) is 0 Å². The summed E-state index contributed by atoms with van der Waals surface area (Å²) in [7, 11) is 0. The maximum Gasteiger partial charge on any atom is 0.276 e. The summed E-state index contributed by atoms with van der Waals surface area (Å²) in [6.07, 6.45) is 3.40. The van der Waals surface area contributed by atoms with Crippen LogP contribution in [0.1, 0.15) is 40.0 Å². The number of hydrogen-bond acceptors (Lipinski definition) is 2. The second kappa shape index (κ2) is 5.50. The van der Waals surface area contributed by atoms with E-state index in [0.29, 0.717) is 24.3 Å². The van der Waals surface area contributed by atoms with Crippen molar-refractivity contribution in [2.75, 3.05) is 19.6 Å². The van der Waals surface area contributed by atoms with Crippen LogP contribution in [-0.2, 0) is 4.79 Å². The van der Waals surface area contributed by atoms with Crippen molar-refractivity contribution in [2.24, 2.45) is 17.8 Å². The highest BCUT2D eigenvalue weighted by atomic mass is 16.2. The van der Waals surface area contributed by atoms with E-state index in [4.69, 9.17) is 0 Å².